The first-order valence-corrected chi connectivity index (χ1v) is 6.88. The Hall–Kier alpha value is -0.770. The molecule has 1 aliphatic heterocycles. The van der Waals surface area contributed by atoms with Crippen LogP contribution < -0.4 is 11.1 Å². The number of amides is 2. The van der Waals surface area contributed by atoms with E-state index in [-0.39, 0.29) is 11.4 Å². The van der Waals surface area contributed by atoms with Crippen molar-refractivity contribution in [3.05, 3.63) is 0 Å². The average molecular weight is 239 g/mol. The van der Waals surface area contributed by atoms with Crippen LogP contribution in [0.5, 0.6) is 0 Å². The molecule has 17 heavy (non-hydrogen) atoms. The fourth-order valence-electron chi connectivity index (χ4n) is 2.88. The van der Waals surface area contributed by atoms with Crippen LogP contribution in [0.15, 0.2) is 0 Å². The Morgan fingerprint density at radius 3 is 2.71 bits per heavy atom. The number of carbonyl (C=O) groups excluding carboxylic acids is 1. The van der Waals surface area contributed by atoms with Crippen LogP contribution in [0.1, 0.15) is 45.4 Å². The number of nitrogens with zero attached hydrogens (tertiary/aromatic N) is 1. The number of nitrogens with two attached hydrogens (primary N) is 1. The van der Waals surface area contributed by atoms with E-state index in [1.54, 1.807) is 0 Å². The summed E-state index contributed by atoms with van der Waals surface area (Å²) in [6.07, 6.45) is 7.15. The second-order valence-corrected chi connectivity index (χ2v) is 5.97. The molecule has 0 radical (unpaired) electrons. The van der Waals surface area contributed by atoms with Gasteiger partial charge in [0.25, 0.3) is 0 Å². The molecule has 3 N–H and O–H groups in total. The van der Waals surface area contributed by atoms with Gasteiger partial charge in [0.1, 0.15) is 0 Å². The van der Waals surface area contributed by atoms with Gasteiger partial charge in [0, 0.05) is 19.1 Å². The molecule has 1 saturated heterocycles. The van der Waals surface area contributed by atoms with Gasteiger partial charge in [0.2, 0.25) is 0 Å². The highest BCUT2D eigenvalue weighted by atomic mass is 16.2. The summed E-state index contributed by atoms with van der Waals surface area (Å²) in [5, 5.41) is 3.17. The SMILES string of the molecule is CC1(CN)CCN(C(=O)NC2CCCCC2)C1. The summed E-state index contributed by atoms with van der Waals surface area (Å²) in [6.45, 7) is 4.50. The Bertz CT molecular complexity index is 276. The van der Waals surface area contributed by atoms with Crippen molar-refractivity contribution in [1.82, 2.24) is 10.2 Å². The predicted molar refractivity (Wildman–Crippen MR) is 68.8 cm³/mol. The molecule has 4 heteroatoms. The van der Waals surface area contributed by atoms with Crippen LogP contribution in [0.2, 0.25) is 0 Å². The van der Waals surface area contributed by atoms with E-state index in [1.807, 2.05) is 4.90 Å². The third kappa shape index (κ3) is 3.12. The van der Waals surface area contributed by atoms with Crippen LogP contribution in [-0.4, -0.2) is 36.6 Å². The molecule has 0 bridgehead atoms. The van der Waals surface area contributed by atoms with E-state index in [0.29, 0.717) is 12.6 Å². The van der Waals surface area contributed by atoms with E-state index in [9.17, 15) is 4.79 Å². The number of nitrogens with one attached hydrogen (secondary N) is 1. The second kappa shape index (κ2) is 5.25. The fourth-order valence-corrected chi connectivity index (χ4v) is 2.88. The number of carbonyl (C=O) groups is 1. The maximum Gasteiger partial charge on any atom is 0.317 e. The number of hydrogen-bond donors (Lipinski definition) is 2. The minimum absolute atomic E-state index is 0.120. The number of hydrogen-bond acceptors (Lipinski definition) is 2. The molecule has 2 amide bonds. The number of rotatable bonds is 2. The maximum absolute atomic E-state index is 12.1. The lowest BCUT2D eigenvalue weighted by atomic mass is 9.90. The van der Waals surface area contributed by atoms with E-state index >= 15 is 0 Å². The Labute approximate surface area is 104 Å². The van der Waals surface area contributed by atoms with Gasteiger partial charge in [-0.15, -0.1) is 0 Å². The normalized spacial score (nSPS) is 30.6. The molecule has 0 aromatic heterocycles. The van der Waals surface area contributed by atoms with Crippen molar-refractivity contribution in [2.45, 2.75) is 51.5 Å². The minimum Gasteiger partial charge on any atom is -0.335 e. The molecule has 0 spiro atoms. The summed E-state index contributed by atoms with van der Waals surface area (Å²) in [6, 6.07) is 0.523. The lowest BCUT2D eigenvalue weighted by Gasteiger charge is -2.27. The molecule has 2 fully saturated rings. The Morgan fingerprint density at radius 1 is 1.41 bits per heavy atom. The van der Waals surface area contributed by atoms with Crippen molar-refractivity contribution in [2.75, 3.05) is 19.6 Å². The zero-order chi connectivity index (χ0) is 12.3. The average Bonchev–Trinajstić information content (AvgIpc) is 2.74. The lowest BCUT2D eigenvalue weighted by Crippen LogP contribution is -2.45. The summed E-state index contributed by atoms with van der Waals surface area (Å²) in [5.41, 5.74) is 5.89. The Morgan fingerprint density at radius 2 is 2.12 bits per heavy atom. The van der Waals surface area contributed by atoms with Crippen LogP contribution in [-0.2, 0) is 0 Å². The molecule has 2 rings (SSSR count). The van der Waals surface area contributed by atoms with Crippen LogP contribution in [0.3, 0.4) is 0 Å². The predicted octanol–water partition coefficient (Wildman–Crippen LogP) is 1.70. The van der Waals surface area contributed by atoms with Crippen LogP contribution >= 0.6 is 0 Å². The van der Waals surface area contributed by atoms with Crippen molar-refractivity contribution in [3.8, 4) is 0 Å². The van der Waals surface area contributed by atoms with E-state index < -0.39 is 0 Å². The van der Waals surface area contributed by atoms with Crippen LogP contribution in [0, 0.1) is 5.41 Å². The first-order chi connectivity index (χ1) is 8.13. The molecule has 1 atom stereocenters. The van der Waals surface area contributed by atoms with E-state index in [4.69, 9.17) is 5.73 Å². The molecule has 1 aliphatic carbocycles. The Kier molecular flexibility index (Phi) is 3.92. The van der Waals surface area contributed by atoms with Gasteiger partial charge in [-0.25, -0.2) is 4.79 Å². The second-order valence-electron chi connectivity index (χ2n) is 5.97. The van der Waals surface area contributed by atoms with Gasteiger partial charge in [-0.05, 0) is 31.2 Å². The highest BCUT2D eigenvalue weighted by Gasteiger charge is 2.35. The molecule has 2 aliphatic rings. The number of likely N-dealkylation sites (tertiary alicyclic amines) is 1. The summed E-state index contributed by atoms with van der Waals surface area (Å²) in [4.78, 5) is 14.0. The van der Waals surface area contributed by atoms with Crippen molar-refractivity contribution < 1.29 is 4.79 Å². The smallest absolute Gasteiger partial charge is 0.317 e. The van der Waals surface area contributed by atoms with Crippen molar-refractivity contribution >= 4 is 6.03 Å². The number of urea groups is 1. The summed E-state index contributed by atoms with van der Waals surface area (Å²) >= 11 is 0. The zero-order valence-corrected chi connectivity index (χ0v) is 10.9. The quantitative estimate of drug-likeness (QED) is 0.770. The molecule has 1 unspecified atom stereocenters. The van der Waals surface area contributed by atoms with E-state index in [2.05, 4.69) is 12.2 Å². The maximum atomic E-state index is 12.1. The molecule has 1 saturated carbocycles. The molecule has 0 aromatic carbocycles. The lowest BCUT2D eigenvalue weighted by molar-refractivity contribution is 0.194. The van der Waals surface area contributed by atoms with E-state index in [0.717, 1.165) is 32.4 Å². The van der Waals surface area contributed by atoms with Gasteiger partial charge in [0.15, 0.2) is 0 Å². The fraction of sp³-hybridized carbons (Fsp3) is 0.923. The van der Waals surface area contributed by atoms with Crippen molar-refractivity contribution in [2.24, 2.45) is 11.1 Å². The van der Waals surface area contributed by atoms with E-state index in [1.165, 1.54) is 19.3 Å². The van der Waals surface area contributed by atoms with Crippen LogP contribution in [0.4, 0.5) is 4.79 Å². The molecule has 4 nitrogen and oxygen atoms in total. The van der Waals surface area contributed by atoms with Gasteiger partial charge < -0.3 is 16.0 Å². The monoisotopic (exact) mass is 239 g/mol. The molecular weight excluding hydrogens is 214 g/mol. The van der Waals surface area contributed by atoms with Crippen molar-refractivity contribution in [3.63, 3.8) is 0 Å². The first-order valence-electron chi connectivity index (χ1n) is 6.88. The van der Waals surface area contributed by atoms with Gasteiger partial charge >= 0.3 is 6.03 Å². The standard InChI is InChI=1S/C13H25N3O/c1-13(9-14)7-8-16(10-13)12(17)15-11-5-3-2-4-6-11/h11H,2-10,14H2,1H3,(H,15,17). The highest BCUT2D eigenvalue weighted by molar-refractivity contribution is 5.75. The summed E-state index contributed by atoms with van der Waals surface area (Å²) in [7, 11) is 0. The molecule has 98 valence electrons. The topological polar surface area (TPSA) is 58.4 Å². The third-order valence-electron chi connectivity index (χ3n) is 4.27. The zero-order valence-electron chi connectivity index (χ0n) is 10.9. The molecule has 0 aromatic rings. The van der Waals surface area contributed by atoms with Gasteiger partial charge in [-0.1, -0.05) is 26.2 Å². The third-order valence-corrected chi connectivity index (χ3v) is 4.27. The Balaban J connectivity index is 1.80. The largest absolute Gasteiger partial charge is 0.335 e. The minimum atomic E-state index is 0.120. The first kappa shape index (κ1) is 12.7. The highest BCUT2D eigenvalue weighted by Crippen LogP contribution is 2.28. The summed E-state index contributed by atoms with van der Waals surface area (Å²) in [5.74, 6) is 0. The van der Waals surface area contributed by atoms with Crippen molar-refractivity contribution in [1.29, 1.82) is 0 Å². The summed E-state index contributed by atoms with van der Waals surface area (Å²) < 4.78 is 0. The van der Waals surface area contributed by atoms with Gasteiger partial charge in [-0.3, -0.25) is 0 Å². The molecular formula is C13H25N3O. The van der Waals surface area contributed by atoms with Gasteiger partial charge in [-0.2, -0.15) is 0 Å². The molecule has 1 heterocycles. The van der Waals surface area contributed by atoms with Gasteiger partial charge in [0.05, 0.1) is 0 Å². The van der Waals surface area contributed by atoms with Crippen LogP contribution in [0.25, 0.3) is 0 Å².